The van der Waals surface area contributed by atoms with E-state index in [0.717, 1.165) is 0 Å². The molecule has 0 atom stereocenters. The lowest BCUT2D eigenvalue weighted by atomic mass is 10.3. The van der Waals surface area contributed by atoms with Gasteiger partial charge in [-0.2, -0.15) is 16.8 Å². The van der Waals surface area contributed by atoms with Crippen LogP contribution in [-0.2, 0) is 33.5 Å². The van der Waals surface area contributed by atoms with E-state index in [1.165, 1.54) is 0 Å². The molecule has 0 radical (unpaired) electrons. The molecule has 0 unspecified atom stereocenters. The average Bonchev–Trinajstić information content (AvgIpc) is 2.28. The van der Waals surface area contributed by atoms with Crippen LogP contribution >= 0.6 is 0 Å². The third-order valence-electron chi connectivity index (χ3n) is 2.28. The van der Waals surface area contributed by atoms with Crippen LogP contribution in [0, 0.1) is 0 Å². The van der Waals surface area contributed by atoms with E-state index < -0.39 is 43.7 Å². The van der Waals surface area contributed by atoms with Crippen LogP contribution in [-0.4, -0.2) is 50.5 Å². The second-order valence-corrected chi connectivity index (χ2v) is 7.88. The Labute approximate surface area is 123 Å². The molecule has 0 aliphatic carbocycles. The van der Waals surface area contributed by atoms with Crippen molar-refractivity contribution in [3.8, 4) is 0 Å². The molecular formula is C10H18O9S2. The molecule has 0 heterocycles. The molecule has 0 aliphatic heterocycles. The largest absolute Gasteiger partial charge is 0.481 e. The molecule has 11 heteroatoms. The summed E-state index contributed by atoms with van der Waals surface area (Å²) in [4.78, 5) is 20.5. The van der Waals surface area contributed by atoms with E-state index in [-0.39, 0.29) is 38.5 Å². The molecule has 2 N–H and O–H groups in total. The highest BCUT2D eigenvalue weighted by molar-refractivity contribution is 7.99. The molecule has 0 saturated carbocycles. The maximum Gasteiger partial charge on any atom is 0.303 e. The van der Waals surface area contributed by atoms with E-state index in [2.05, 4.69) is 3.63 Å². The van der Waals surface area contributed by atoms with Gasteiger partial charge < -0.3 is 10.2 Å². The first kappa shape index (κ1) is 19.8. The summed E-state index contributed by atoms with van der Waals surface area (Å²) < 4.78 is 49.6. The molecule has 0 amide bonds. The second kappa shape index (κ2) is 8.95. The minimum atomic E-state index is -4.29. The van der Waals surface area contributed by atoms with Crippen LogP contribution in [0.3, 0.4) is 0 Å². The highest BCUT2D eigenvalue weighted by Gasteiger charge is 2.22. The fourth-order valence-electron chi connectivity index (χ4n) is 1.34. The number of hydrogen-bond acceptors (Lipinski definition) is 7. The van der Waals surface area contributed by atoms with Gasteiger partial charge in [-0.05, 0) is 25.7 Å². The number of carboxylic acid groups (broad SMARTS) is 2. The second-order valence-electron chi connectivity index (χ2n) is 4.29. The van der Waals surface area contributed by atoms with Crippen molar-refractivity contribution in [1.82, 2.24) is 0 Å². The Morgan fingerprint density at radius 3 is 1.33 bits per heavy atom. The monoisotopic (exact) mass is 346 g/mol. The van der Waals surface area contributed by atoms with Crippen molar-refractivity contribution in [3.05, 3.63) is 0 Å². The zero-order valence-corrected chi connectivity index (χ0v) is 12.9. The molecule has 0 bridgehead atoms. The van der Waals surface area contributed by atoms with Crippen LogP contribution in [0.4, 0.5) is 0 Å². The van der Waals surface area contributed by atoms with Gasteiger partial charge in [-0.1, -0.05) is 0 Å². The predicted octanol–water partition coefficient (Wildman–Crippen LogP) is 0.172. The summed E-state index contributed by atoms with van der Waals surface area (Å²) in [5.74, 6) is -3.32. The van der Waals surface area contributed by atoms with Gasteiger partial charge in [0.25, 0.3) is 20.2 Å². The Bertz CT molecular complexity index is 497. The topological polar surface area (TPSA) is 152 Å². The standard InChI is InChI=1S/C10H18O9S2/c11-9(12)5-1-3-7-20(15,16)19-21(17,18)8-4-2-6-10(13)14/h1-8H2,(H,11,12)(H,13,14). The maximum atomic E-state index is 11.4. The SMILES string of the molecule is O=C(O)CCCCS(=O)(=O)OS(=O)(=O)CCCCC(=O)O. The van der Waals surface area contributed by atoms with Crippen molar-refractivity contribution in [2.75, 3.05) is 11.5 Å². The van der Waals surface area contributed by atoms with E-state index in [9.17, 15) is 26.4 Å². The Balaban J connectivity index is 4.17. The number of rotatable bonds is 12. The van der Waals surface area contributed by atoms with Crippen LogP contribution in [0.15, 0.2) is 0 Å². The molecular weight excluding hydrogens is 328 g/mol. The Kier molecular flexibility index (Phi) is 8.44. The summed E-state index contributed by atoms with van der Waals surface area (Å²) >= 11 is 0. The summed E-state index contributed by atoms with van der Waals surface area (Å²) in [6, 6.07) is 0. The van der Waals surface area contributed by atoms with Crippen LogP contribution in [0.5, 0.6) is 0 Å². The average molecular weight is 346 g/mol. The molecule has 0 spiro atoms. The van der Waals surface area contributed by atoms with E-state index in [1.54, 1.807) is 0 Å². The van der Waals surface area contributed by atoms with Crippen molar-refractivity contribution in [1.29, 1.82) is 0 Å². The molecule has 0 aromatic carbocycles. The lowest BCUT2D eigenvalue weighted by molar-refractivity contribution is -0.138. The lowest BCUT2D eigenvalue weighted by Crippen LogP contribution is -2.19. The maximum absolute atomic E-state index is 11.4. The zero-order valence-electron chi connectivity index (χ0n) is 11.2. The van der Waals surface area contributed by atoms with Gasteiger partial charge in [-0.3, -0.25) is 9.59 Å². The zero-order chi connectivity index (χ0) is 16.5. The Morgan fingerprint density at radius 2 is 1.05 bits per heavy atom. The van der Waals surface area contributed by atoms with Crippen LogP contribution in [0.2, 0.25) is 0 Å². The van der Waals surface area contributed by atoms with Gasteiger partial charge in [0, 0.05) is 12.8 Å². The highest BCUT2D eigenvalue weighted by Crippen LogP contribution is 2.09. The van der Waals surface area contributed by atoms with Crippen molar-refractivity contribution in [3.63, 3.8) is 0 Å². The molecule has 0 aromatic rings. The molecule has 0 aliphatic rings. The molecule has 0 rings (SSSR count). The molecule has 0 fully saturated rings. The van der Waals surface area contributed by atoms with Crippen LogP contribution in [0.25, 0.3) is 0 Å². The normalized spacial score (nSPS) is 12.2. The number of hydrogen-bond donors (Lipinski definition) is 2. The van der Waals surface area contributed by atoms with Crippen molar-refractivity contribution in [2.45, 2.75) is 38.5 Å². The number of unbranched alkanes of at least 4 members (excludes halogenated alkanes) is 2. The van der Waals surface area contributed by atoms with Crippen molar-refractivity contribution >= 4 is 32.2 Å². The molecule has 0 aromatic heterocycles. The van der Waals surface area contributed by atoms with Gasteiger partial charge in [-0.25, -0.2) is 0 Å². The van der Waals surface area contributed by atoms with Gasteiger partial charge in [0.05, 0.1) is 11.5 Å². The minimum Gasteiger partial charge on any atom is -0.481 e. The van der Waals surface area contributed by atoms with Crippen LogP contribution in [0.1, 0.15) is 38.5 Å². The fraction of sp³-hybridized carbons (Fsp3) is 0.800. The highest BCUT2D eigenvalue weighted by atomic mass is 32.3. The van der Waals surface area contributed by atoms with E-state index in [0.29, 0.717) is 0 Å². The van der Waals surface area contributed by atoms with Gasteiger partial charge in [0.15, 0.2) is 0 Å². The lowest BCUT2D eigenvalue weighted by Gasteiger charge is -2.05. The third kappa shape index (κ3) is 12.3. The first-order valence-electron chi connectivity index (χ1n) is 6.14. The van der Waals surface area contributed by atoms with Gasteiger partial charge in [-0.15, -0.1) is 3.63 Å². The Hall–Kier alpha value is -1.20. The van der Waals surface area contributed by atoms with Gasteiger partial charge in [0.1, 0.15) is 0 Å². The van der Waals surface area contributed by atoms with Gasteiger partial charge in [0.2, 0.25) is 0 Å². The molecule has 0 saturated heterocycles. The van der Waals surface area contributed by atoms with Crippen molar-refractivity contribution in [2.24, 2.45) is 0 Å². The predicted molar refractivity (Wildman–Crippen MR) is 71.6 cm³/mol. The van der Waals surface area contributed by atoms with Gasteiger partial charge >= 0.3 is 11.9 Å². The summed E-state index contributed by atoms with van der Waals surface area (Å²) in [5.41, 5.74) is 0. The van der Waals surface area contributed by atoms with E-state index >= 15 is 0 Å². The summed E-state index contributed by atoms with van der Waals surface area (Å²) in [6.45, 7) is 0. The number of carboxylic acids is 2. The first-order valence-corrected chi connectivity index (χ1v) is 9.29. The fourth-order valence-corrected chi connectivity index (χ4v) is 4.26. The Morgan fingerprint density at radius 1 is 0.714 bits per heavy atom. The summed E-state index contributed by atoms with van der Waals surface area (Å²) in [5, 5.41) is 16.7. The quantitative estimate of drug-likeness (QED) is 0.471. The molecule has 21 heavy (non-hydrogen) atoms. The number of carbonyl (C=O) groups is 2. The first-order chi connectivity index (χ1) is 9.54. The minimum absolute atomic E-state index is 0.0246. The summed E-state index contributed by atoms with van der Waals surface area (Å²) in [7, 11) is -8.58. The smallest absolute Gasteiger partial charge is 0.303 e. The van der Waals surface area contributed by atoms with Crippen LogP contribution < -0.4 is 0 Å². The van der Waals surface area contributed by atoms with E-state index in [4.69, 9.17) is 10.2 Å². The summed E-state index contributed by atoms with van der Waals surface area (Å²) in [6.07, 6.45) is -0.283. The van der Waals surface area contributed by atoms with E-state index in [1.807, 2.05) is 0 Å². The molecule has 124 valence electrons. The third-order valence-corrected chi connectivity index (χ3v) is 5.51. The number of aliphatic carboxylic acids is 2. The molecule has 9 nitrogen and oxygen atoms in total. The van der Waals surface area contributed by atoms with Crippen molar-refractivity contribution < 1.29 is 40.3 Å².